The summed E-state index contributed by atoms with van der Waals surface area (Å²) in [5.41, 5.74) is 0. The lowest BCUT2D eigenvalue weighted by atomic mass is 9.86. The molecule has 16 heavy (non-hydrogen) atoms. The molecule has 0 amide bonds. The Hall–Kier alpha value is -0.120. The number of hydrogen-bond acceptors (Lipinski definition) is 3. The van der Waals surface area contributed by atoms with Crippen molar-refractivity contribution in [2.75, 3.05) is 34.4 Å². The number of methoxy groups -OCH3 is 1. The molecule has 1 aliphatic carbocycles. The van der Waals surface area contributed by atoms with Crippen molar-refractivity contribution >= 4 is 0 Å². The summed E-state index contributed by atoms with van der Waals surface area (Å²) in [6, 6.07) is 1.26. The molecular formula is C13H28N2O. The van der Waals surface area contributed by atoms with Gasteiger partial charge in [-0.2, -0.15) is 0 Å². The van der Waals surface area contributed by atoms with E-state index in [1.807, 2.05) is 7.05 Å². The van der Waals surface area contributed by atoms with Gasteiger partial charge in [-0.05, 0) is 45.7 Å². The molecule has 3 nitrogen and oxygen atoms in total. The third-order valence-corrected chi connectivity index (χ3v) is 3.94. The van der Waals surface area contributed by atoms with Gasteiger partial charge in [0.05, 0.1) is 6.61 Å². The third-order valence-electron chi connectivity index (χ3n) is 3.94. The van der Waals surface area contributed by atoms with Crippen LogP contribution in [0.5, 0.6) is 0 Å². The number of ether oxygens (including phenoxy) is 1. The Morgan fingerprint density at radius 1 is 1.31 bits per heavy atom. The SMILES string of the molecule is CNCC(COC)N(C)C1CCC(C)CC1. The average molecular weight is 228 g/mol. The van der Waals surface area contributed by atoms with Crippen LogP contribution in [0.2, 0.25) is 0 Å². The van der Waals surface area contributed by atoms with Crippen LogP contribution in [-0.2, 0) is 4.74 Å². The molecule has 1 rings (SSSR count). The zero-order chi connectivity index (χ0) is 12.0. The number of hydrogen-bond donors (Lipinski definition) is 1. The summed E-state index contributed by atoms with van der Waals surface area (Å²) in [5, 5.41) is 3.26. The zero-order valence-corrected chi connectivity index (χ0v) is 11.3. The highest BCUT2D eigenvalue weighted by Gasteiger charge is 2.26. The van der Waals surface area contributed by atoms with E-state index in [1.165, 1.54) is 25.7 Å². The van der Waals surface area contributed by atoms with E-state index in [9.17, 15) is 0 Å². The van der Waals surface area contributed by atoms with Crippen molar-refractivity contribution in [3.05, 3.63) is 0 Å². The highest BCUT2D eigenvalue weighted by Crippen LogP contribution is 2.27. The quantitative estimate of drug-likeness (QED) is 0.749. The molecule has 0 saturated heterocycles. The standard InChI is InChI=1S/C13H28N2O/c1-11-5-7-12(8-6-11)15(3)13(9-14-2)10-16-4/h11-14H,5-10H2,1-4H3. The second kappa shape index (κ2) is 7.25. The first kappa shape index (κ1) is 13.9. The van der Waals surface area contributed by atoms with Crippen molar-refractivity contribution in [2.45, 2.75) is 44.7 Å². The summed E-state index contributed by atoms with van der Waals surface area (Å²) in [5.74, 6) is 0.926. The van der Waals surface area contributed by atoms with Gasteiger partial charge in [0, 0.05) is 25.7 Å². The highest BCUT2D eigenvalue weighted by molar-refractivity contribution is 4.81. The van der Waals surface area contributed by atoms with Crippen LogP contribution in [0.1, 0.15) is 32.6 Å². The Labute approximate surface area is 101 Å². The molecule has 0 aromatic rings. The maximum atomic E-state index is 5.31. The van der Waals surface area contributed by atoms with Crippen molar-refractivity contribution in [3.63, 3.8) is 0 Å². The maximum Gasteiger partial charge on any atom is 0.0630 e. The Morgan fingerprint density at radius 3 is 2.44 bits per heavy atom. The second-order valence-electron chi connectivity index (χ2n) is 5.25. The average Bonchev–Trinajstić information content (AvgIpc) is 2.29. The van der Waals surface area contributed by atoms with Gasteiger partial charge in [0.2, 0.25) is 0 Å². The van der Waals surface area contributed by atoms with Crippen molar-refractivity contribution in [3.8, 4) is 0 Å². The van der Waals surface area contributed by atoms with Gasteiger partial charge in [-0.3, -0.25) is 4.90 Å². The summed E-state index contributed by atoms with van der Waals surface area (Å²) < 4.78 is 5.31. The van der Waals surface area contributed by atoms with Crippen LogP contribution >= 0.6 is 0 Å². The summed E-state index contributed by atoms with van der Waals surface area (Å²) in [7, 11) is 6.06. The predicted octanol–water partition coefficient (Wildman–Crippen LogP) is 1.73. The van der Waals surface area contributed by atoms with E-state index in [1.54, 1.807) is 7.11 Å². The van der Waals surface area contributed by atoms with E-state index < -0.39 is 0 Å². The predicted molar refractivity (Wildman–Crippen MR) is 68.8 cm³/mol. The molecule has 0 bridgehead atoms. The zero-order valence-electron chi connectivity index (χ0n) is 11.3. The van der Waals surface area contributed by atoms with Crippen molar-refractivity contribution < 1.29 is 4.74 Å². The lowest BCUT2D eigenvalue weighted by molar-refractivity contribution is 0.0620. The molecule has 1 saturated carbocycles. The van der Waals surface area contributed by atoms with E-state index >= 15 is 0 Å². The first-order chi connectivity index (χ1) is 7.69. The molecule has 1 fully saturated rings. The van der Waals surface area contributed by atoms with Gasteiger partial charge in [0.25, 0.3) is 0 Å². The number of nitrogens with zero attached hydrogens (tertiary/aromatic N) is 1. The van der Waals surface area contributed by atoms with Gasteiger partial charge in [0.15, 0.2) is 0 Å². The lowest BCUT2D eigenvalue weighted by Crippen LogP contribution is -2.48. The van der Waals surface area contributed by atoms with E-state index in [0.29, 0.717) is 6.04 Å². The van der Waals surface area contributed by atoms with Crippen LogP contribution in [-0.4, -0.2) is 51.3 Å². The smallest absolute Gasteiger partial charge is 0.0630 e. The minimum atomic E-state index is 0.508. The molecule has 1 unspecified atom stereocenters. The largest absolute Gasteiger partial charge is 0.383 e. The lowest BCUT2D eigenvalue weighted by Gasteiger charge is -2.38. The molecule has 1 atom stereocenters. The van der Waals surface area contributed by atoms with Crippen molar-refractivity contribution in [1.82, 2.24) is 10.2 Å². The van der Waals surface area contributed by atoms with Crippen LogP contribution in [0.15, 0.2) is 0 Å². The number of rotatable bonds is 6. The van der Waals surface area contributed by atoms with Crippen LogP contribution in [0.25, 0.3) is 0 Å². The molecule has 0 aliphatic heterocycles. The van der Waals surface area contributed by atoms with Crippen LogP contribution in [0.4, 0.5) is 0 Å². The number of nitrogens with one attached hydrogen (secondary N) is 1. The Balaban J connectivity index is 2.42. The minimum Gasteiger partial charge on any atom is -0.383 e. The summed E-state index contributed by atoms with van der Waals surface area (Å²) in [4.78, 5) is 2.52. The normalized spacial score (nSPS) is 28.3. The van der Waals surface area contributed by atoms with Gasteiger partial charge < -0.3 is 10.1 Å². The fourth-order valence-corrected chi connectivity index (χ4v) is 2.70. The van der Waals surface area contributed by atoms with E-state index in [-0.39, 0.29) is 0 Å². The van der Waals surface area contributed by atoms with E-state index in [4.69, 9.17) is 4.74 Å². The van der Waals surface area contributed by atoms with Gasteiger partial charge in [-0.1, -0.05) is 6.92 Å². The minimum absolute atomic E-state index is 0.508. The Kier molecular flexibility index (Phi) is 6.32. The topological polar surface area (TPSA) is 24.5 Å². The first-order valence-corrected chi connectivity index (χ1v) is 6.54. The van der Waals surface area contributed by atoms with Gasteiger partial charge >= 0.3 is 0 Å². The first-order valence-electron chi connectivity index (χ1n) is 6.54. The molecular weight excluding hydrogens is 200 g/mol. The molecule has 0 aromatic carbocycles. The van der Waals surface area contributed by atoms with Gasteiger partial charge in [-0.15, -0.1) is 0 Å². The Bertz CT molecular complexity index is 173. The van der Waals surface area contributed by atoms with E-state index in [2.05, 4.69) is 24.2 Å². The summed E-state index contributed by atoms with van der Waals surface area (Å²) >= 11 is 0. The van der Waals surface area contributed by atoms with Gasteiger partial charge in [0.1, 0.15) is 0 Å². The van der Waals surface area contributed by atoms with Crippen LogP contribution in [0.3, 0.4) is 0 Å². The summed E-state index contributed by atoms with van der Waals surface area (Å²) in [6.07, 6.45) is 5.46. The van der Waals surface area contributed by atoms with Crippen molar-refractivity contribution in [1.29, 1.82) is 0 Å². The third kappa shape index (κ3) is 4.04. The maximum absolute atomic E-state index is 5.31. The fourth-order valence-electron chi connectivity index (χ4n) is 2.70. The van der Waals surface area contributed by atoms with Crippen molar-refractivity contribution in [2.24, 2.45) is 5.92 Å². The molecule has 0 heterocycles. The van der Waals surface area contributed by atoms with Crippen LogP contribution in [0, 0.1) is 5.92 Å². The molecule has 0 spiro atoms. The molecule has 96 valence electrons. The highest BCUT2D eigenvalue weighted by atomic mass is 16.5. The monoisotopic (exact) mass is 228 g/mol. The molecule has 0 radical (unpaired) electrons. The molecule has 3 heteroatoms. The number of likely N-dealkylation sites (N-methyl/N-ethyl adjacent to an activating group) is 2. The summed E-state index contributed by atoms with van der Waals surface area (Å²) in [6.45, 7) is 4.20. The van der Waals surface area contributed by atoms with Crippen LogP contribution < -0.4 is 5.32 Å². The molecule has 0 aromatic heterocycles. The Morgan fingerprint density at radius 2 is 1.94 bits per heavy atom. The fraction of sp³-hybridized carbons (Fsp3) is 1.00. The van der Waals surface area contributed by atoms with E-state index in [0.717, 1.165) is 25.1 Å². The molecule has 1 N–H and O–H groups in total. The second-order valence-corrected chi connectivity index (χ2v) is 5.25. The van der Waals surface area contributed by atoms with Gasteiger partial charge in [-0.25, -0.2) is 0 Å². The molecule has 1 aliphatic rings.